The molecule has 1 aromatic carbocycles. The lowest BCUT2D eigenvalue weighted by molar-refractivity contribution is 0.0510. The SMILES string of the molecule is COc1cccnc1C1=CC2CCCC(C1)N2C(=O)OCc1ccccc1. The molecule has 2 bridgehead atoms. The second-order valence-corrected chi connectivity index (χ2v) is 7.05. The number of carbonyl (C=O) groups is 1. The predicted octanol–water partition coefficient (Wildman–Crippen LogP) is 4.44. The van der Waals surface area contributed by atoms with Gasteiger partial charge in [-0.1, -0.05) is 36.4 Å². The molecule has 1 aromatic heterocycles. The normalized spacial score (nSPS) is 21.4. The van der Waals surface area contributed by atoms with E-state index < -0.39 is 0 Å². The fraction of sp³-hybridized carbons (Fsp3) is 0.364. The summed E-state index contributed by atoms with van der Waals surface area (Å²) in [5, 5.41) is 0. The Hall–Kier alpha value is -2.82. The lowest BCUT2D eigenvalue weighted by Crippen LogP contribution is -2.51. The maximum atomic E-state index is 12.8. The van der Waals surface area contributed by atoms with E-state index in [1.807, 2.05) is 47.4 Å². The van der Waals surface area contributed by atoms with Gasteiger partial charge in [0.05, 0.1) is 13.2 Å². The number of carbonyl (C=O) groups excluding carboxylic acids is 1. The molecule has 2 aromatic rings. The molecule has 2 aliphatic heterocycles. The number of hydrogen-bond acceptors (Lipinski definition) is 4. The molecule has 2 atom stereocenters. The number of methoxy groups -OCH3 is 1. The highest BCUT2D eigenvalue weighted by Gasteiger charge is 2.38. The van der Waals surface area contributed by atoms with E-state index in [4.69, 9.17) is 9.47 Å². The molecule has 1 fully saturated rings. The van der Waals surface area contributed by atoms with Crippen LogP contribution in [0.5, 0.6) is 5.75 Å². The third-order valence-electron chi connectivity index (χ3n) is 5.35. The lowest BCUT2D eigenvalue weighted by Gasteiger charge is -2.44. The average Bonchev–Trinajstić information content (AvgIpc) is 2.71. The molecule has 0 aliphatic carbocycles. The highest BCUT2D eigenvalue weighted by molar-refractivity contribution is 5.75. The second kappa shape index (κ2) is 7.82. The minimum Gasteiger partial charge on any atom is -0.494 e. The largest absolute Gasteiger partial charge is 0.494 e. The number of piperidine rings is 1. The van der Waals surface area contributed by atoms with Crippen molar-refractivity contribution in [2.75, 3.05) is 7.11 Å². The molecule has 0 radical (unpaired) electrons. The third kappa shape index (κ3) is 3.68. The van der Waals surface area contributed by atoms with Crippen molar-refractivity contribution in [3.63, 3.8) is 0 Å². The number of fused-ring (bicyclic) bond motifs is 2. The fourth-order valence-corrected chi connectivity index (χ4v) is 4.08. The van der Waals surface area contributed by atoms with Crippen LogP contribution >= 0.6 is 0 Å². The van der Waals surface area contributed by atoms with Crippen LogP contribution in [0.4, 0.5) is 4.79 Å². The number of hydrogen-bond donors (Lipinski definition) is 0. The smallest absolute Gasteiger partial charge is 0.410 e. The number of nitrogens with zero attached hydrogens (tertiary/aromatic N) is 2. The fourth-order valence-electron chi connectivity index (χ4n) is 4.08. The Morgan fingerprint density at radius 1 is 1.19 bits per heavy atom. The van der Waals surface area contributed by atoms with Gasteiger partial charge in [0.25, 0.3) is 0 Å². The summed E-state index contributed by atoms with van der Waals surface area (Å²) in [6, 6.07) is 13.8. The van der Waals surface area contributed by atoms with Crippen molar-refractivity contribution in [3.8, 4) is 5.75 Å². The highest BCUT2D eigenvalue weighted by Crippen LogP contribution is 2.39. The van der Waals surface area contributed by atoms with Crippen LogP contribution in [0.25, 0.3) is 5.57 Å². The summed E-state index contributed by atoms with van der Waals surface area (Å²) in [4.78, 5) is 19.2. The Kier molecular flexibility index (Phi) is 5.10. The molecular weight excluding hydrogens is 340 g/mol. The van der Waals surface area contributed by atoms with E-state index >= 15 is 0 Å². The zero-order chi connectivity index (χ0) is 18.6. The minimum absolute atomic E-state index is 0.0579. The molecular formula is C22H24N2O3. The number of amides is 1. The molecule has 27 heavy (non-hydrogen) atoms. The summed E-state index contributed by atoms with van der Waals surface area (Å²) < 4.78 is 11.1. The number of rotatable bonds is 4. The van der Waals surface area contributed by atoms with Crippen LogP contribution in [0.2, 0.25) is 0 Å². The molecule has 5 nitrogen and oxygen atoms in total. The minimum atomic E-state index is -0.225. The monoisotopic (exact) mass is 364 g/mol. The van der Waals surface area contributed by atoms with Gasteiger partial charge in [0, 0.05) is 12.2 Å². The van der Waals surface area contributed by atoms with E-state index in [1.54, 1.807) is 13.3 Å². The van der Waals surface area contributed by atoms with Crippen LogP contribution in [0, 0.1) is 0 Å². The molecule has 1 amide bonds. The third-order valence-corrected chi connectivity index (χ3v) is 5.35. The van der Waals surface area contributed by atoms with E-state index in [-0.39, 0.29) is 18.2 Å². The first kappa shape index (κ1) is 17.6. The molecule has 140 valence electrons. The van der Waals surface area contributed by atoms with E-state index in [9.17, 15) is 4.79 Å². The van der Waals surface area contributed by atoms with Crippen LogP contribution in [0.15, 0.2) is 54.7 Å². The summed E-state index contributed by atoms with van der Waals surface area (Å²) >= 11 is 0. The molecule has 5 heteroatoms. The van der Waals surface area contributed by atoms with E-state index in [1.165, 1.54) is 0 Å². The van der Waals surface area contributed by atoms with Gasteiger partial charge < -0.3 is 9.47 Å². The van der Waals surface area contributed by atoms with Gasteiger partial charge in [-0.25, -0.2) is 4.79 Å². The van der Waals surface area contributed by atoms with Crippen LogP contribution in [-0.2, 0) is 11.3 Å². The quantitative estimate of drug-likeness (QED) is 0.805. The molecule has 0 spiro atoms. The Morgan fingerprint density at radius 3 is 2.81 bits per heavy atom. The zero-order valence-corrected chi connectivity index (χ0v) is 15.5. The maximum Gasteiger partial charge on any atom is 0.410 e. The van der Waals surface area contributed by atoms with Gasteiger partial charge in [0.15, 0.2) is 0 Å². The molecule has 1 saturated heterocycles. The molecule has 4 rings (SSSR count). The zero-order valence-electron chi connectivity index (χ0n) is 15.5. The topological polar surface area (TPSA) is 51.7 Å². The molecule has 0 N–H and O–H groups in total. The van der Waals surface area contributed by atoms with E-state index in [2.05, 4.69) is 11.1 Å². The van der Waals surface area contributed by atoms with Crippen molar-refractivity contribution in [2.24, 2.45) is 0 Å². The van der Waals surface area contributed by atoms with E-state index in [0.717, 1.165) is 48.3 Å². The van der Waals surface area contributed by atoms with Gasteiger partial charge >= 0.3 is 6.09 Å². The lowest BCUT2D eigenvalue weighted by atomic mass is 9.84. The Labute approximate surface area is 159 Å². The van der Waals surface area contributed by atoms with Gasteiger partial charge in [-0.3, -0.25) is 9.88 Å². The maximum absolute atomic E-state index is 12.8. The van der Waals surface area contributed by atoms with Crippen LogP contribution < -0.4 is 4.74 Å². The number of pyridine rings is 1. The van der Waals surface area contributed by atoms with Crippen LogP contribution in [-0.4, -0.2) is 35.2 Å². The average molecular weight is 364 g/mol. The van der Waals surface area contributed by atoms with Crippen LogP contribution in [0.3, 0.4) is 0 Å². The molecule has 0 saturated carbocycles. The van der Waals surface area contributed by atoms with Crippen molar-refractivity contribution < 1.29 is 14.3 Å². The summed E-state index contributed by atoms with van der Waals surface area (Å²) in [6.07, 6.45) is 7.58. The van der Waals surface area contributed by atoms with Gasteiger partial charge in [0.1, 0.15) is 18.1 Å². The van der Waals surface area contributed by atoms with Gasteiger partial charge in [-0.15, -0.1) is 0 Å². The standard InChI is InChI=1S/C22H24N2O3/c1-26-20-11-6-12-23-21(20)17-13-18-9-5-10-19(14-17)24(18)22(25)27-15-16-7-3-2-4-8-16/h2-4,6-8,11-13,18-19H,5,9-10,14-15H2,1H3. The van der Waals surface area contributed by atoms with Crippen molar-refractivity contribution in [1.29, 1.82) is 0 Å². The Morgan fingerprint density at radius 2 is 2.04 bits per heavy atom. The Balaban J connectivity index is 1.52. The molecule has 3 heterocycles. The summed E-state index contributed by atoms with van der Waals surface area (Å²) in [5.74, 6) is 0.780. The first-order chi connectivity index (χ1) is 13.3. The number of benzene rings is 1. The van der Waals surface area contributed by atoms with Crippen molar-refractivity contribution in [1.82, 2.24) is 9.88 Å². The summed E-state index contributed by atoms with van der Waals surface area (Å²) in [7, 11) is 1.66. The van der Waals surface area contributed by atoms with Crippen molar-refractivity contribution in [2.45, 2.75) is 44.4 Å². The summed E-state index contributed by atoms with van der Waals surface area (Å²) in [6.45, 7) is 0.306. The van der Waals surface area contributed by atoms with Gasteiger partial charge in [-0.05, 0) is 49.0 Å². The van der Waals surface area contributed by atoms with Gasteiger partial charge in [0.2, 0.25) is 0 Å². The first-order valence-corrected chi connectivity index (χ1v) is 9.45. The number of ether oxygens (including phenoxy) is 2. The van der Waals surface area contributed by atoms with Gasteiger partial charge in [-0.2, -0.15) is 0 Å². The van der Waals surface area contributed by atoms with Crippen molar-refractivity contribution in [3.05, 3.63) is 66.0 Å². The Bertz CT molecular complexity index is 834. The van der Waals surface area contributed by atoms with Crippen molar-refractivity contribution >= 4 is 11.7 Å². The van der Waals surface area contributed by atoms with Crippen LogP contribution in [0.1, 0.15) is 36.9 Å². The highest BCUT2D eigenvalue weighted by atomic mass is 16.6. The summed E-state index contributed by atoms with van der Waals surface area (Å²) in [5.41, 5.74) is 3.05. The van der Waals surface area contributed by atoms with E-state index in [0.29, 0.717) is 6.61 Å². The second-order valence-electron chi connectivity index (χ2n) is 7.05. The molecule has 2 unspecified atom stereocenters. The molecule has 2 aliphatic rings. The first-order valence-electron chi connectivity index (χ1n) is 9.45. The number of aromatic nitrogens is 1. The predicted molar refractivity (Wildman–Crippen MR) is 103 cm³/mol.